The largest absolute Gasteiger partial charge is 0.481 e. The molecule has 242 valence electrons. The number of nitrogens with zero attached hydrogens (tertiary/aromatic N) is 3. The quantitative estimate of drug-likeness (QED) is 0.0487. The molecule has 0 bridgehead atoms. The van der Waals surface area contributed by atoms with E-state index in [-0.39, 0.29) is 26.2 Å². The van der Waals surface area contributed by atoms with Crippen molar-refractivity contribution >= 4 is 53.6 Å². The van der Waals surface area contributed by atoms with Crippen LogP contribution in [0.4, 0.5) is 0 Å². The van der Waals surface area contributed by atoms with Gasteiger partial charge in [-0.05, 0) is 0 Å². The molecule has 0 saturated carbocycles. The van der Waals surface area contributed by atoms with Crippen LogP contribution in [-0.4, -0.2) is 175 Å². The summed E-state index contributed by atoms with van der Waals surface area (Å²) in [5.74, 6) is -12.5. The molecule has 21 heteroatoms. The lowest BCUT2D eigenvalue weighted by atomic mass is 10.2. The number of carboxylic acid groups (broad SMARTS) is 7. The number of nitrogens with one attached hydrogen (secondary N) is 2. The minimum absolute atomic E-state index is 0.225. The van der Waals surface area contributed by atoms with Crippen molar-refractivity contribution < 1.29 is 78.9 Å². The standard InChI is InChI=1S/C22H33N5O16/c28-14(23-12(21(40)41)5-16(30)31)7-26(10-19(36)37)3-1-25(9-18(34)35)2-4-27(11-20(38)39)8-15(29)24-13(22(42)43)6-17(32)33/h12-13H,1-11H2,(H,23,28)(H,24,29)(H,30,31)(H,32,33)(H,34,35)(H,36,37)(H,38,39)(H,40,41)(H,42,43). The highest BCUT2D eigenvalue weighted by Gasteiger charge is 2.26. The van der Waals surface area contributed by atoms with E-state index in [9.17, 15) is 48.3 Å². The maximum absolute atomic E-state index is 12.3. The number of amides is 2. The third-order valence-corrected chi connectivity index (χ3v) is 5.30. The van der Waals surface area contributed by atoms with E-state index >= 15 is 0 Å². The smallest absolute Gasteiger partial charge is 0.326 e. The third kappa shape index (κ3) is 19.0. The highest BCUT2D eigenvalue weighted by atomic mass is 16.4. The van der Waals surface area contributed by atoms with E-state index in [0.717, 1.165) is 9.80 Å². The SMILES string of the molecule is O=C(O)CC(NC(=O)CN(CCN(CCN(CC(=O)O)CC(=O)NC(CC(=O)O)C(=O)O)CC(=O)O)CC(=O)O)C(=O)O. The molecule has 0 saturated heterocycles. The molecule has 0 aliphatic rings. The van der Waals surface area contributed by atoms with E-state index in [2.05, 4.69) is 0 Å². The van der Waals surface area contributed by atoms with Crippen molar-refractivity contribution in [3.8, 4) is 0 Å². The molecule has 0 aromatic carbocycles. The van der Waals surface area contributed by atoms with Gasteiger partial charge >= 0.3 is 41.8 Å². The average molecular weight is 624 g/mol. The number of hydrogen-bond donors (Lipinski definition) is 9. The zero-order chi connectivity index (χ0) is 33.3. The molecule has 0 rings (SSSR count). The van der Waals surface area contributed by atoms with Gasteiger partial charge in [-0.3, -0.25) is 48.3 Å². The number of rotatable bonds is 24. The molecule has 2 amide bonds. The van der Waals surface area contributed by atoms with Crippen LogP contribution in [0.1, 0.15) is 12.8 Å². The van der Waals surface area contributed by atoms with Crippen LogP contribution in [0.2, 0.25) is 0 Å². The molecule has 0 radical (unpaired) electrons. The van der Waals surface area contributed by atoms with Crippen molar-refractivity contribution in [1.82, 2.24) is 25.3 Å². The summed E-state index contributed by atoms with van der Waals surface area (Å²) in [7, 11) is 0. The van der Waals surface area contributed by atoms with Gasteiger partial charge in [-0.1, -0.05) is 0 Å². The van der Waals surface area contributed by atoms with Gasteiger partial charge in [-0.25, -0.2) is 9.59 Å². The Morgan fingerprint density at radius 1 is 0.419 bits per heavy atom. The van der Waals surface area contributed by atoms with Crippen molar-refractivity contribution in [3.63, 3.8) is 0 Å². The van der Waals surface area contributed by atoms with Crippen LogP contribution in [0.3, 0.4) is 0 Å². The first kappa shape index (κ1) is 38.1. The predicted molar refractivity (Wildman–Crippen MR) is 136 cm³/mol. The van der Waals surface area contributed by atoms with Crippen molar-refractivity contribution in [2.24, 2.45) is 0 Å². The van der Waals surface area contributed by atoms with Gasteiger partial charge in [0.1, 0.15) is 12.1 Å². The molecule has 0 aliphatic heterocycles. The molecule has 0 aromatic heterocycles. The first-order chi connectivity index (χ1) is 19.9. The molecule has 2 unspecified atom stereocenters. The van der Waals surface area contributed by atoms with E-state index in [1.807, 2.05) is 10.6 Å². The third-order valence-electron chi connectivity index (χ3n) is 5.30. The van der Waals surface area contributed by atoms with E-state index in [4.69, 9.17) is 30.6 Å². The van der Waals surface area contributed by atoms with Crippen LogP contribution < -0.4 is 10.6 Å². The van der Waals surface area contributed by atoms with Crippen molar-refractivity contribution in [1.29, 1.82) is 0 Å². The van der Waals surface area contributed by atoms with Gasteiger partial charge in [0.05, 0.1) is 45.6 Å². The van der Waals surface area contributed by atoms with Gasteiger partial charge in [-0.15, -0.1) is 0 Å². The van der Waals surface area contributed by atoms with Gasteiger partial charge in [0.25, 0.3) is 0 Å². The fourth-order valence-electron chi connectivity index (χ4n) is 3.47. The minimum Gasteiger partial charge on any atom is -0.481 e. The summed E-state index contributed by atoms with van der Waals surface area (Å²) in [5.41, 5.74) is 0. The summed E-state index contributed by atoms with van der Waals surface area (Å²) in [6.07, 6.45) is -1.90. The Labute approximate surface area is 242 Å². The topological polar surface area (TPSA) is 329 Å². The van der Waals surface area contributed by atoms with E-state index in [1.54, 1.807) is 0 Å². The maximum Gasteiger partial charge on any atom is 0.326 e. The van der Waals surface area contributed by atoms with E-state index in [1.165, 1.54) is 4.90 Å². The molecular formula is C22H33N5O16. The minimum atomic E-state index is -1.80. The van der Waals surface area contributed by atoms with Gasteiger partial charge in [0, 0.05) is 26.2 Å². The van der Waals surface area contributed by atoms with Gasteiger partial charge in [0.2, 0.25) is 11.8 Å². The first-order valence-corrected chi connectivity index (χ1v) is 12.2. The van der Waals surface area contributed by atoms with Crippen LogP contribution >= 0.6 is 0 Å². The zero-order valence-electron chi connectivity index (χ0n) is 22.6. The molecule has 0 aromatic rings. The van der Waals surface area contributed by atoms with Gasteiger partial charge < -0.3 is 46.4 Å². The summed E-state index contributed by atoms with van der Waals surface area (Å²) in [6.45, 7) is -4.58. The van der Waals surface area contributed by atoms with E-state index < -0.39 is 111 Å². The highest BCUT2D eigenvalue weighted by Crippen LogP contribution is 2.00. The fourth-order valence-corrected chi connectivity index (χ4v) is 3.47. The molecule has 21 nitrogen and oxygen atoms in total. The normalized spacial score (nSPS) is 12.3. The summed E-state index contributed by atoms with van der Waals surface area (Å²) in [5, 5.41) is 67.2. The summed E-state index contributed by atoms with van der Waals surface area (Å²) in [6, 6.07) is -3.60. The average Bonchev–Trinajstić information content (AvgIpc) is 2.82. The number of carboxylic acids is 7. The van der Waals surface area contributed by atoms with Crippen LogP contribution in [-0.2, 0) is 43.2 Å². The first-order valence-electron chi connectivity index (χ1n) is 12.2. The number of hydrogen-bond acceptors (Lipinski definition) is 12. The van der Waals surface area contributed by atoms with Gasteiger partial charge in [-0.2, -0.15) is 0 Å². The second kappa shape index (κ2) is 19.3. The monoisotopic (exact) mass is 623 g/mol. The lowest BCUT2D eigenvalue weighted by Crippen LogP contribution is -2.50. The van der Waals surface area contributed by atoms with Crippen LogP contribution in [0.15, 0.2) is 0 Å². The molecule has 0 fully saturated rings. The molecule has 0 aliphatic carbocycles. The highest BCUT2D eigenvalue weighted by molar-refractivity contribution is 5.88. The Kier molecular flexibility index (Phi) is 17.1. The number of carbonyl (C=O) groups is 9. The number of aliphatic carboxylic acids is 7. The Hall–Kier alpha value is -4.89. The molecular weight excluding hydrogens is 590 g/mol. The fraction of sp³-hybridized carbons (Fsp3) is 0.591. The second-order valence-electron chi connectivity index (χ2n) is 8.99. The molecule has 9 N–H and O–H groups in total. The molecule has 2 atom stereocenters. The van der Waals surface area contributed by atoms with Crippen LogP contribution in [0.5, 0.6) is 0 Å². The predicted octanol–water partition coefficient (Wildman–Crippen LogP) is -4.77. The van der Waals surface area contributed by atoms with Crippen LogP contribution in [0.25, 0.3) is 0 Å². The van der Waals surface area contributed by atoms with E-state index in [0.29, 0.717) is 0 Å². The number of carbonyl (C=O) groups excluding carboxylic acids is 2. The molecule has 43 heavy (non-hydrogen) atoms. The van der Waals surface area contributed by atoms with Crippen LogP contribution in [0, 0.1) is 0 Å². The zero-order valence-corrected chi connectivity index (χ0v) is 22.6. The second-order valence-corrected chi connectivity index (χ2v) is 8.99. The molecule has 0 spiro atoms. The summed E-state index contributed by atoms with van der Waals surface area (Å²) in [4.78, 5) is 106. The van der Waals surface area contributed by atoms with Crippen molar-refractivity contribution in [2.75, 3.05) is 58.9 Å². The Balaban J connectivity index is 5.46. The lowest BCUT2D eigenvalue weighted by Gasteiger charge is -2.28. The van der Waals surface area contributed by atoms with Crippen molar-refractivity contribution in [3.05, 3.63) is 0 Å². The molecule has 0 heterocycles. The Bertz CT molecular complexity index is 992. The summed E-state index contributed by atoms with van der Waals surface area (Å²) < 4.78 is 0. The van der Waals surface area contributed by atoms with Crippen molar-refractivity contribution in [2.45, 2.75) is 24.9 Å². The Morgan fingerprint density at radius 3 is 0.953 bits per heavy atom. The Morgan fingerprint density at radius 2 is 0.698 bits per heavy atom. The van der Waals surface area contributed by atoms with Gasteiger partial charge in [0.15, 0.2) is 0 Å². The lowest BCUT2D eigenvalue weighted by molar-refractivity contribution is -0.147. The maximum atomic E-state index is 12.3. The summed E-state index contributed by atoms with van der Waals surface area (Å²) >= 11 is 0.